The highest BCUT2D eigenvalue weighted by Crippen LogP contribution is 2.23. The van der Waals surface area contributed by atoms with Crippen molar-refractivity contribution in [3.05, 3.63) is 24.4 Å². The van der Waals surface area contributed by atoms with Gasteiger partial charge in [0.15, 0.2) is 0 Å². The highest BCUT2D eigenvalue weighted by Gasteiger charge is 2.18. The van der Waals surface area contributed by atoms with E-state index in [1.165, 1.54) is 12.8 Å². The van der Waals surface area contributed by atoms with Gasteiger partial charge in [0.1, 0.15) is 5.82 Å². The first kappa shape index (κ1) is 11.5. The fourth-order valence-electron chi connectivity index (χ4n) is 2.45. The normalized spacial score (nSPS) is 20.2. The van der Waals surface area contributed by atoms with Crippen molar-refractivity contribution < 1.29 is 0 Å². The van der Waals surface area contributed by atoms with Crippen LogP contribution >= 0.6 is 0 Å². The summed E-state index contributed by atoms with van der Waals surface area (Å²) in [4.78, 5) is 7.95. The lowest BCUT2D eigenvalue weighted by Crippen LogP contribution is -2.28. The van der Waals surface area contributed by atoms with E-state index >= 15 is 0 Å². The Morgan fingerprint density at radius 2 is 2.39 bits per heavy atom. The number of aryl methyl sites for hydroxylation is 1. The lowest BCUT2D eigenvalue weighted by atomic mass is 9.99. The number of piperidine rings is 1. The summed E-state index contributed by atoms with van der Waals surface area (Å²) in [7, 11) is 0. The number of nitrogens with one attached hydrogen (secondary N) is 2. The Bertz CT molecular complexity index is 507. The number of aromatic nitrogens is 4. The molecule has 0 saturated carbocycles. The molecule has 0 spiro atoms. The second-order valence-electron chi connectivity index (χ2n) is 4.81. The smallest absolute Gasteiger partial charge is 0.110 e. The predicted molar refractivity (Wildman–Crippen MR) is 70.3 cm³/mol. The highest BCUT2D eigenvalue weighted by atomic mass is 15.3. The summed E-state index contributed by atoms with van der Waals surface area (Å²) in [6, 6.07) is 0. The largest absolute Gasteiger partial charge is 0.342 e. The van der Waals surface area contributed by atoms with Crippen LogP contribution < -0.4 is 5.32 Å². The molecular weight excluding hydrogens is 226 g/mol. The highest BCUT2D eigenvalue weighted by molar-refractivity contribution is 5.56. The van der Waals surface area contributed by atoms with Crippen molar-refractivity contribution in [2.24, 2.45) is 0 Å². The van der Waals surface area contributed by atoms with Gasteiger partial charge in [0.05, 0.1) is 18.1 Å². The molecule has 18 heavy (non-hydrogen) atoms. The molecule has 1 atom stereocenters. The molecule has 2 aromatic heterocycles. The number of H-pyrrole nitrogens is 1. The minimum atomic E-state index is 0.522. The van der Waals surface area contributed by atoms with Crippen molar-refractivity contribution in [3.8, 4) is 11.3 Å². The summed E-state index contributed by atoms with van der Waals surface area (Å²) in [6.07, 6.45) is 8.31. The number of rotatable bonds is 3. The maximum Gasteiger partial charge on any atom is 0.110 e. The van der Waals surface area contributed by atoms with Gasteiger partial charge in [-0.3, -0.25) is 4.68 Å². The molecule has 1 saturated heterocycles. The standard InChI is InChI=1S/C13H19N5/c1-2-18-9-11(7-16-18)12-8-15-13(17-12)10-4-3-5-14-6-10/h7-10,14H,2-6H2,1H3,(H,15,17). The number of hydrogen-bond donors (Lipinski definition) is 2. The third-order valence-electron chi connectivity index (χ3n) is 3.55. The quantitative estimate of drug-likeness (QED) is 0.866. The average Bonchev–Trinajstić information content (AvgIpc) is 3.08. The molecular formula is C13H19N5. The van der Waals surface area contributed by atoms with Gasteiger partial charge in [0.2, 0.25) is 0 Å². The Morgan fingerprint density at radius 1 is 1.44 bits per heavy atom. The van der Waals surface area contributed by atoms with Gasteiger partial charge >= 0.3 is 0 Å². The number of imidazole rings is 1. The number of aromatic amines is 1. The van der Waals surface area contributed by atoms with Gasteiger partial charge in [0, 0.05) is 30.8 Å². The van der Waals surface area contributed by atoms with Crippen molar-refractivity contribution in [1.82, 2.24) is 25.1 Å². The molecule has 3 rings (SSSR count). The van der Waals surface area contributed by atoms with E-state index < -0.39 is 0 Å². The maximum atomic E-state index is 4.52. The zero-order valence-electron chi connectivity index (χ0n) is 10.7. The summed E-state index contributed by atoms with van der Waals surface area (Å²) in [5.74, 6) is 1.62. The van der Waals surface area contributed by atoms with E-state index in [0.717, 1.165) is 36.7 Å². The monoisotopic (exact) mass is 245 g/mol. The zero-order chi connectivity index (χ0) is 12.4. The topological polar surface area (TPSA) is 58.5 Å². The summed E-state index contributed by atoms with van der Waals surface area (Å²) in [5, 5.41) is 7.71. The summed E-state index contributed by atoms with van der Waals surface area (Å²) < 4.78 is 1.93. The first-order chi connectivity index (χ1) is 8.86. The van der Waals surface area contributed by atoms with E-state index in [1.807, 2.05) is 17.1 Å². The van der Waals surface area contributed by atoms with Gasteiger partial charge in [-0.05, 0) is 26.3 Å². The van der Waals surface area contributed by atoms with E-state index in [-0.39, 0.29) is 0 Å². The Hall–Kier alpha value is -1.62. The lowest BCUT2D eigenvalue weighted by molar-refractivity contribution is 0.449. The van der Waals surface area contributed by atoms with Crippen molar-refractivity contribution in [2.75, 3.05) is 13.1 Å². The third kappa shape index (κ3) is 2.18. The summed E-state index contributed by atoms with van der Waals surface area (Å²) in [6.45, 7) is 5.14. The molecule has 2 aromatic rings. The molecule has 2 N–H and O–H groups in total. The number of hydrogen-bond acceptors (Lipinski definition) is 3. The molecule has 1 aliphatic heterocycles. The second-order valence-corrected chi connectivity index (χ2v) is 4.81. The van der Waals surface area contributed by atoms with E-state index in [4.69, 9.17) is 0 Å². The average molecular weight is 245 g/mol. The third-order valence-corrected chi connectivity index (χ3v) is 3.55. The van der Waals surface area contributed by atoms with Gasteiger partial charge in [-0.25, -0.2) is 4.98 Å². The van der Waals surface area contributed by atoms with Crippen LogP contribution in [0.4, 0.5) is 0 Å². The minimum Gasteiger partial charge on any atom is -0.342 e. The van der Waals surface area contributed by atoms with Crippen LogP contribution in [0.3, 0.4) is 0 Å². The van der Waals surface area contributed by atoms with Crippen molar-refractivity contribution in [1.29, 1.82) is 0 Å². The molecule has 1 aliphatic rings. The Kier molecular flexibility index (Phi) is 3.15. The van der Waals surface area contributed by atoms with E-state index in [1.54, 1.807) is 0 Å². The molecule has 5 nitrogen and oxygen atoms in total. The molecule has 1 unspecified atom stereocenters. The van der Waals surface area contributed by atoms with Crippen LogP contribution in [0, 0.1) is 0 Å². The van der Waals surface area contributed by atoms with Gasteiger partial charge in [0.25, 0.3) is 0 Å². The van der Waals surface area contributed by atoms with Crippen LogP contribution in [0.15, 0.2) is 18.6 Å². The van der Waals surface area contributed by atoms with E-state index in [0.29, 0.717) is 5.92 Å². The first-order valence-electron chi connectivity index (χ1n) is 6.65. The van der Waals surface area contributed by atoms with Crippen LogP contribution in [-0.2, 0) is 6.54 Å². The fraction of sp³-hybridized carbons (Fsp3) is 0.538. The lowest BCUT2D eigenvalue weighted by Gasteiger charge is -2.20. The fourth-order valence-corrected chi connectivity index (χ4v) is 2.45. The first-order valence-corrected chi connectivity index (χ1v) is 6.65. The van der Waals surface area contributed by atoms with E-state index in [9.17, 15) is 0 Å². The van der Waals surface area contributed by atoms with Crippen LogP contribution in [0.25, 0.3) is 11.3 Å². The molecule has 1 fully saturated rings. The van der Waals surface area contributed by atoms with Gasteiger partial charge < -0.3 is 10.3 Å². The summed E-state index contributed by atoms with van der Waals surface area (Å²) >= 11 is 0. The second kappa shape index (κ2) is 4.94. The van der Waals surface area contributed by atoms with Gasteiger partial charge in [-0.1, -0.05) is 0 Å². The molecule has 0 radical (unpaired) electrons. The zero-order valence-corrected chi connectivity index (χ0v) is 10.7. The summed E-state index contributed by atoms with van der Waals surface area (Å²) in [5.41, 5.74) is 2.18. The molecule has 5 heteroatoms. The van der Waals surface area contributed by atoms with Crippen LogP contribution in [0.2, 0.25) is 0 Å². The molecule has 0 amide bonds. The van der Waals surface area contributed by atoms with Crippen LogP contribution in [-0.4, -0.2) is 32.8 Å². The molecule has 96 valence electrons. The van der Waals surface area contributed by atoms with Crippen LogP contribution in [0.1, 0.15) is 31.5 Å². The van der Waals surface area contributed by atoms with Gasteiger partial charge in [-0.15, -0.1) is 0 Å². The number of nitrogens with zero attached hydrogens (tertiary/aromatic N) is 3. The molecule has 0 aliphatic carbocycles. The van der Waals surface area contributed by atoms with E-state index in [2.05, 4.69) is 33.5 Å². The Labute approximate surface area is 107 Å². The molecule has 0 aromatic carbocycles. The van der Waals surface area contributed by atoms with Crippen LogP contribution in [0.5, 0.6) is 0 Å². The Morgan fingerprint density at radius 3 is 3.11 bits per heavy atom. The predicted octanol–water partition coefficient (Wildman–Crippen LogP) is 1.76. The van der Waals surface area contributed by atoms with Crippen molar-refractivity contribution in [3.63, 3.8) is 0 Å². The molecule has 3 heterocycles. The maximum absolute atomic E-state index is 4.52. The minimum absolute atomic E-state index is 0.522. The van der Waals surface area contributed by atoms with Crippen molar-refractivity contribution >= 4 is 0 Å². The Balaban J connectivity index is 1.79. The van der Waals surface area contributed by atoms with Crippen molar-refractivity contribution in [2.45, 2.75) is 32.2 Å². The van der Waals surface area contributed by atoms with Gasteiger partial charge in [-0.2, -0.15) is 5.10 Å². The molecule has 0 bridgehead atoms. The SMILES string of the molecule is CCn1cc(-c2cnc(C3CCCNC3)[nH]2)cn1.